The highest BCUT2D eigenvalue weighted by Crippen LogP contribution is 2.51. The summed E-state index contributed by atoms with van der Waals surface area (Å²) in [5.74, 6) is 0.772. The molecule has 1 saturated carbocycles. The van der Waals surface area contributed by atoms with Crippen molar-refractivity contribution in [3.05, 3.63) is 22.4 Å². The number of hydrogen-bond acceptors (Lipinski definition) is 3. The molecule has 2 nitrogen and oxygen atoms in total. The minimum Gasteiger partial charge on any atom is -0.384 e. The van der Waals surface area contributed by atoms with E-state index < -0.39 is 5.60 Å². The van der Waals surface area contributed by atoms with Gasteiger partial charge in [-0.1, -0.05) is 25.8 Å². The molecule has 1 aromatic heterocycles. The third-order valence-electron chi connectivity index (χ3n) is 4.66. The Morgan fingerprint density at radius 3 is 2.65 bits per heavy atom. The van der Waals surface area contributed by atoms with Gasteiger partial charge in [-0.25, -0.2) is 0 Å². The minimum absolute atomic E-state index is 0.135. The summed E-state index contributed by atoms with van der Waals surface area (Å²) >= 11 is 1.63. The van der Waals surface area contributed by atoms with Crippen molar-refractivity contribution in [3.63, 3.8) is 0 Å². The van der Waals surface area contributed by atoms with Gasteiger partial charge in [-0.05, 0) is 37.1 Å². The molecule has 1 heterocycles. The number of thiophene rings is 1. The second-order valence-corrected chi connectivity index (χ2v) is 6.66. The zero-order valence-electron chi connectivity index (χ0n) is 10.8. The quantitative estimate of drug-likeness (QED) is 0.869. The van der Waals surface area contributed by atoms with E-state index >= 15 is 0 Å². The highest BCUT2D eigenvalue weighted by Gasteiger charge is 2.48. The van der Waals surface area contributed by atoms with E-state index in [1.165, 1.54) is 12.8 Å². The summed E-state index contributed by atoms with van der Waals surface area (Å²) < 4.78 is 0. The zero-order valence-corrected chi connectivity index (χ0v) is 11.6. The van der Waals surface area contributed by atoms with Crippen molar-refractivity contribution in [1.82, 2.24) is 0 Å². The Labute approximate surface area is 108 Å². The summed E-state index contributed by atoms with van der Waals surface area (Å²) in [5.41, 5.74) is 5.10. The van der Waals surface area contributed by atoms with E-state index in [9.17, 15) is 5.11 Å². The van der Waals surface area contributed by atoms with Crippen molar-refractivity contribution < 1.29 is 5.11 Å². The lowest BCUT2D eigenvalue weighted by Crippen LogP contribution is -2.50. The lowest BCUT2D eigenvalue weighted by molar-refractivity contribution is -0.0944. The predicted molar refractivity (Wildman–Crippen MR) is 73.0 cm³/mol. The van der Waals surface area contributed by atoms with Crippen LogP contribution in [-0.4, -0.2) is 11.7 Å². The standard InChI is InChI=1S/C14H23NOS/c1-11-5-7-14(10-15,8-6-11)13(2,16)12-4-3-9-17-12/h3-4,9,11,16H,5-8,10,15H2,1-2H3. The maximum absolute atomic E-state index is 11.0. The molecule has 0 spiro atoms. The van der Waals surface area contributed by atoms with Crippen LogP contribution in [0.2, 0.25) is 0 Å². The maximum Gasteiger partial charge on any atom is 0.103 e. The smallest absolute Gasteiger partial charge is 0.103 e. The largest absolute Gasteiger partial charge is 0.384 e. The fourth-order valence-corrected chi connectivity index (χ4v) is 3.93. The van der Waals surface area contributed by atoms with Crippen molar-refractivity contribution in [3.8, 4) is 0 Å². The molecular weight excluding hydrogens is 230 g/mol. The maximum atomic E-state index is 11.0. The topological polar surface area (TPSA) is 46.2 Å². The van der Waals surface area contributed by atoms with E-state index in [1.807, 2.05) is 24.4 Å². The molecule has 0 amide bonds. The lowest BCUT2D eigenvalue weighted by atomic mass is 9.61. The van der Waals surface area contributed by atoms with Crippen LogP contribution in [0, 0.1) is 11.3 Å². The van der Waals surface area contributed by atoms with Gasteiger partial charge in [-0.2, -0.15) is 0 Å². The molecule has 3 heteroatoms. The molecule has 0 saturated heterocycles. The normalized spacial score (nSPS) is 33.3. The fraction of sp³-hybridized carbons (Fsp3) is 0.714. The zero-order chi connectivity index (χ0) is 12.5. The first-order valence-electron chi connectivity index (χ1n) is 6.48. The molecule has 1 fully saturated rings. The molecule has 1 unspecified atom stereocenters. The average molecular weight is 253 g/mol. The van der Waals surface area contributed by atoms with Gasteiger partial charge in [0.1, 0.15) is 5.60 Å². The van der Waals surface area contributed by atoms with Crippen molar-refractivity contribution in [2.75, 3.05) is 6.54 Å². The Morgan fingerprint density at radius 1 is 1.53 bits per heavy atom. The lowest BCUT2D eigenvalue weighted by Gasteiger charge is -2.48. The van der Waals surface area contributed by atoms with Crippen LogP contribution in [0.1, 0.15) is 44.4 Å². The molecule has 0 aromatic carbocycles. The SMILES string of the molecule is CC1CCC(CN)(C(C)(O)c2cccs2)CC1. The molecule has 17 heavy (non-hydrogen) atoms. The van der Waals surface area contributed by atoms with Gasteiger partial charge in [-0.3, -0.25) is 0 Å². The van der Waals surface area contributed by atoms with Gasteiger partial charge in [0, 0.05) is 16.8 Å². The van der Waals surface area contributed by atoms with E-state index in [1.54, 1.807) is 11.3 Å². The summed E-state index contributed by atoms with van der Waals surface area (Å²) in [7, 11) is 0. The van der Waals surface area contributed by atoms with E-state index in [2.05, 4.69) is 6.92 Å². The first-order chi connectivity index (χ1) is 8.02. The van der Waals surface area contributed by atoms with Crippen molar-refractivity contribution in [1.29, 1.82) is 0 Å². The summed E-state index contributed by atoms with van der Waals surface area (Å²) in [6.07, 6.45) is 4.43. The summed E-state index contributed by atoms with van der Waals surface area (Å²) in [6, 6.07) is 4.03. The number of hydrogen-bond donors (Lipinski definition) is 2. The van der Waals surface area contributed by atoms with E-state index in [4.69, 9.17) is 5.73 Å². The average Bonchev–Trinajstić information content (AvgIpc) is 2.84. The van der Waals surface area contributed by atoms with Gasteiger partial charge < -0.3 is 10.8 Å². The van der Waals surface area contributed by atoms with E-state index in [0.717, 1.165) is 23.6 Å². The van der Waals surface area contributed by atoms with Crippen LogP contribution in [0.4, 0.5) is 0 Å². The van der Waals surface area contributed by atoms with Crippen LogP contribution in [0.15, 0.2) is 17.5 Å². The summed E-state index contributed by atoms with van der Waals surface area (Å²) in [6.45, 7) is 4.81. The van der Waals surface area contributed by atoms with Crippen LogP contribution in [0.5, 0.6) is 0 Å². The number of rotatable bonds is 3. The highest BCUT2D eigenvalue weighted by atomic mass is 32.1. The van der Waals surface area contributed by atoms with Crippen LogP contribution in [-0.2, 0) is 5.60 Å². The monoisotopic (exact) mass is 253 g/mol. The van der Waals surface area contributed by atoms with Gasteiger partial charge in [-0.15, -0.1) is 11.3 Å². The Bertz CT molecular complexity index is 350. The number of aliphatic hydroxyl groups is 1. The van der Waals surface area contributed by atoms with Crippen LogP contribution in [0.3, 0.4) is 0 Å². The molecule has 1 aromatic rings. The minimum atomic E-state index is -0.782. The van der Waals surface area contributed by atoms with Gasteiger partial charge in [0.25, 0.3) is 0 Å². The highest BCUT2D eigenvalue weighted by molar-refractivity contribution is 7.10. The second-order valence-electron chi connectivity index (χ2n) is 5.72. The molecule has 96 valence electrons. The Hall–Kier alpha value is -0.380. The van der Waals surface area contributed by atoms with Crippen molar-refractivity contribution in [2.24, 2.45) is 17.1 Å². The number of nitrogens with two attached hydrogens (primary N) is 1. The van der Waals surface area contributed by atoms with Crippen LogP contribution in [0.25, 0.3) is 0 Å². The molecule has 1 atom stereocenters. The molecular formula is C14H23NOS. The first kappa shape index (κ1) is 13.1. The molecule has 1 aliphatic rings. The van der Waals surface area contributed by atoms with Gasteiger partial charge >= 0.3 is 0 Å². The predicted octanol–water partition coefficient (Wildman–Crippen LogP) is 3.11. The Balaban J connectivity index is 2.28. The molecule has 0 aliphatic heterocycles. The Kier molecular flexibility index (Phi) is 3.62. The molecule has 0 bridgehead atoms. The molecule has 2 rings (SSSR count). The van der Waals surface area contributed by atoms with Gasteiger partial charge in [0.2, 0.25) is 0 Å². The van der Waals surface area contributed by atoms with Crippen LogP contribution < -0.4 is 5.73 Å². The Morgan fingerprint density at radius 2 is 2.18 bits per heavy atom. The summed E-state index contributed by atoms with van der Waals surface area (Å²) in [4.78, 5) is 1.05. The van der Waals surface area contributed by atoms with Crippen molar-refractivity contribution >= 4 is 11.3 Å². The van der Waals surface area contributed by atoms with Gasteiger partial charge in [0.05, 0.1) is 0 Å². The van der Waals surface area contributed by atoms with E-state index in [-0.39, 0.29) is 5.41 Å². The van der Waals surface area contributed by atoms with Gasteiger partial charge in [0.15, 0.2) is 0 Å². The molecule has 1 aliphatic carbocycles. The molecule has 3 N–H and O–H groups in total. The molecule has 0 radical (unpaired) electrons. The fourth-order valence-electron chi connectivity index (χ4n) is 3.02. The summed E-state index contributed by atoms with van der Waals surface area (Å²) in [5, 5.41) is 13.0. The van der Waals surface area contributed by atoms with Crippen LogP contribution >= 0.6 is 11.3 Å². The first-order valence-corrected chi connectivity index (χ1v) is 7.36. The van der Waals surface area contributed by atoms with E-state index in [0.29, 0.717) is 6.54 Å². The third-order valence-corrected chi connectivity index (χ3v) is 5.74. The second kappa shape index (κ2) is 4.71. The van der Waals surface area contributed by atoms with Crippen molar-refractivity contribution in [2.45, 2.75) is 45.1 Å². The third kappa shape index (κ3) is 2.16.